The first-order valence-electron chi connectivity index (χ1n) is 5.97. The van der Waals surface area contributed by atoms with Crippen molar-refractivity contribution in [2.75, 3.05) is 0 Å². The van der Waals surface area contributed by atoms with Crippen molar-refractivity contribution in [3.8, 4) is 5.75 Å². The average Bonchev–Trinajstić information content (AvgIpc) is 3.12. The highest BCUT2D eigenvalue weighted by Gasteiger charge is 2.40. The molecule has 8 heteroatoms. The average molecular weight is 299 g/mol. The van der Waals surface area contributed by atoms with Crippen molar-refractivity contribution in [3.63, 3.8) is 0 Å². The number of pyridine rings is 1. The molecule has 1 fully saturated rings. The number of nitrogens with zero attached hydrogens (tertiary/aromatic N) is 1. The predicted molar refractivity (Wildman–Crippen MR) is 65.3 cm³/mol. The van der Waals surface area contributed by atoms with Crippen LogP contribution in [0.5, 0.6) is 5.75 Å². The molecule has 1 aromatic heterocycles. The van der Waals surface area contributed by atoms with E-state index in [1.807, 2.05) is 0 Å². The Morgan fingerprint density at radius 2 is 1.95 bits per heavy atom. The second kappa shape index (κ2) is 4.51. The van der Waals surface area contributed by atoms with Crippen LogP contribution in [0, 0.1) is 11.6 Å². The number of halogens is 3. The molecule has 0 bridgehead atoms. The standard InChI is InChI=1S/C13H8F3NO4/c14-6-1-5-9(2-7(6)15)17(10-3-8(10)16)4-11(12(5)18)21-13(19)20/h1-2,4,8,10H,3H2,(H,19,20). The molecule has 5 nitrogen and oxygen atoms in total. The van der Waals surface area contributed by atoms with Crippen molar-refractivity contribution in [2.45, 2.75) is 18.6 Å². The summed E-state index contributed by atoms with van der Waals surface area (Å²) in [6.07, 6.45) is -1.78. The molecule has 1 aliphatic carbocycles. The summed E-state index contributed by atoms with van der Waals surface area (Å²) in [5, 5.41) is 8.31. The summed E-state index contributed by atoms with van der Waals surface area (Å²) in [5.74, 6) is -3.02. The molecule has 110 valence electrons. The molecule has 0 aliphatic heterocycles. The molecule has 2 aromatic rings. The van der Waals surface area contributed by atoms with E-state index < -0.39 is 41.2 Å². The van der Waals surface area contributed by atoms with Crippen LogP contribution in [0.2, 0.25) is 0 Å². The molecule has 1 N–H and O–H groups in total. The minimum Gasteiger partial charge on any atom is -0.449 e. The normalized spacial score (nSPS) is 20.5. The van der Waals surface area contributed by atoms with Crippen LogP contribution in [-0.2, 0) is 0 Å². The smallest absolute Gasteiger partial charge is 0.449 e. The number of benzene rings is 1. The van der Waals surface area contributed by atoms with Crippen molar-refractivity contribution in [1.29, 1.82) is 0 Å². The van der Waals surface area contributed by atoms with E-state index in [4.69, 9.17) is 5.11 Å². The van der Waals surface area contributed by atoms with Crippen LogP contribution in [0.25, 0.3) is 10.9 Å². The SMILES string of the molecule is O=C(O)Oc1cn(C2CC2F)c2cc(F)c(F)cc2c1=O. The van der Waals surface area contributed by atoms with E-state index in [-0.39, 0.29) is 17.3 Å². The topological polar surface area (TPSA) is 68.5 Å². The summed E-state index contributed by atoms with van der Waals surface area (Å²) in [4.78, 5) is 22.6. The van der Waals surface area contributed by atoms with Gasteiger partial charge in [0.1, 0.15) is 6.17 Å². The maximum atomic E-state index is 13.3. The van der Waals surface area contributed by atoms with Crippen molar-refractivity contribution in [2.24, 2.45) is 0 Å². The number of aromatic nitrogens is 1. The third-order valence-electron chi connectivity index (χ3n) is 3.28. The summed E-state index contributed by atoms with van der Waals surface area (Å²) in [5.41, 5.74) is -0.916. The lowest BCUT2D eigenvalue weighted by atomic mass is 10.2. The highest BCUT2D eigenvalue weighted by Crippen LogP contribution is 2.41. The van der Waals surface area contributed by atoms with Gasteiger partial charge in [-0.1, -0.05) is 0 Å². The Balaban J connectivity index is 2.32. The van der Waals surface area contributed by atoms with Crippen LogP contribution in [0.15, 0.2) is 23.1 Å². The molecule has 21 heavy (non-hydrogen) atoms. The quantitative estimate of drug-likeness (QED) is 0.865. The molecule has 1 aliphatic rings. The van der Waals surface area contributed by atoms with E-state index >= 15 is 0 Å². The number of carboxylic acid groups (broad SMARTS) is 1. The van der Waals surface area contributed by atoms with E-state index in [0.29, 0.717) is 6.07 Å². The summed E-state index contributed by atoms with van der Waals surface area (Å²) in [7, 11) is 0. The van der Waals surface area contributed by atoms with Crippen molar-refractivity contribution in [1.82, 2.24) is 4.57 Å². The second-order valence-corrected chi connectivity index (χ2v) is 4.70. The highest BCUT2D eigenvalue weighted by atomic mass is 19.2. The number of alkyl halides is 1. The molecule has 1 aromatic carbocycles. The van der Waals surface area contributed by atoms with Crippen LogP contribution >= 0.6 is 0 Å². The van der Waals surface area contributed by atoms with E-state index in [0.717, 1.165) is 12.3 Å². The molecule has 1 heterocycles. The maximum absolute atomic E-state index is 13.3. The van der Waals surface area contributed by atoms with Crippen molar-refractivity contribution >= 4 is 17.1 Å². The van der Waals surface area contributed by atoms with Crippen LogP contribution < -0.4 is 10.2 Å². The third kappa shape index (κ3) is 2.22. The molecule has 0 spiro atoms. The Hall–Kier alpha value is -2.51. The van der Waals surface area contributed by atoms with E-state index in [2.05, 4.69) is 4.74 Å². The lowest BCUT2D eigenvalue weighted by Crippen LogP contribution is -2.17. The lowest BCUT2D eigenvalue weighted by molar-refractivity contribution is 0.143. The second-order valence-electron chi connectivity index (χ2n) is 4.70. The van der Waals surface area contributed by atoms with Gasteiger partial charge in [0.15, 0.2) is 17.4 Å². The van der Waals surface area contributed by atoms with Gasteiger partial charge < -0.3 is 14.4 Å². The number of rotatable bonds is 2. The summed E-state index contributed by atoms with van der Waals surface area (Å²) < 4.78 is 45.4. The number of hydrogen-bond acceptors (Lipinski definition) is 3. The van der Waals surface area contributed by atoms with Gasteiger partial charge in [-0.05, 0) is 6.07 Å². The molecule has 0 amide bonds. The number of fused-ring (bicyclic) bond motifs is 1. The summed E-state index contributed by atoms with van der Waals surface area (Å²) in [6.45, 7) is 0. The van der Waals surface area contributed by atoms with Gasteiger partial charge in [-0.25, -0.2) is 18.0 Å². The fourth-order valence-electron chi connectivity index (χ4n) is 2.20. The van der Waals surface area contributed by atoms with Crippen LogP contribution in [0.1, 0.15) is 12.5 Å². The van der Waals surface area contributed by atoms with Gasteiger partial charge >= 0.3 is 6.16 Å². The van der Waals surface area contributed by atoms with E-state index in [1.165, 1.54) is 4.57 Å². The van der Waals surface area contributed by atoms with E-state index in [9.17, 15) is 22.8 Å². The first kappa shape index (κ1) is 13.5. The third-order valence-corrected chi connectivity index (χ3v) is 3.28. The Bertz CT molecular complexity index is 817. The first-order chi connectivity index (χ1) is 9.88. The molecular formula is C13H8F3NO4. The van der Waals surface area contributed by atoms with Gasteiger partial charge in [-0.15, -0.1) is 0 Å². The molecule has 2 unspecified atom stereocenters. The Morgan fingerprint density at radius 1 is 1.33 bits per heavy atom. The molecule has 1 saturated carbocycles. The Labute approximate surface area is 115 Å². The van der Waals surface area contributed by atoms with Gasteiger partial charge in [0, 0.05) is 12.5 Å². The zero-order chi connectivity index (χ0) is 15.3. The number of carbonyl (C=O) groups is 1. The molecule has 2 atom stereocenters. The van der Waals surface area contributed by atoms with Gasteiger partial charge in [0.25, 0.3) is 0 Å². The van der Waals surface area contributed by atoms with Crippen molar-refractivity contribution in [3.05, 3.63) is 40.2 Å². The lowest BCUT2D eigenvalue weighted by Gasteiger charge is -2.12. The van der Waals surface area contributed by atoms with Crippen LogP contribution in [0.3, 0.4) is 0 Å². The fourth-order valence-corrected chi connectivity index (χ4v) is 2.20. The van der Waals surface area contributed by atoms with Gasteiger partial charge in [0.2, 0.25) is 5.43 Å². The summed E-state index contributed by atoms with van der Waals surface area (Å²) >= 11 is 0. The largest absolute Gasteiger partial charge is 0.511 e. The van der Waals surface area contributed by atoms with Gasteiger partial charge in [-0.3, -0.25) is 4.79 Å². The maximum Gasteiger partial charge on any atom is 0.511 e. The number of ether oxygens (including phenoxy) is 1. The molecule has 3 rings (SSSR count). The molecule has 0 saturated heterocycles. The van der Waals surface area contributed by atoms with Gasteiger partial charge in [-0.2, -0.15) is 0 Å². The predicted octanol–water partition coefficient (Wildman–Crippen LogP) is 2.62. The van der Waals surface area contributed by atoms with Gasteiger partial charge in [0.05, 0.1) is 23.1 Å². The fraction of sp³-hybridized carbons (Fsp3) is 0.231. The summed E-state index contributed by atoms with van der Waals surface area (Å²) in [6, 6.07) is 0.768. The van der Waals surface area contributed by atoms with Crippen LogP contribution in [0.4, 0.5) is 18.0 Å². The Kier molecular flexibility index (Phi) is 2.89. The van der Waals surface area contributed by atoms with Crippen molar-refractivity contribution < 1.29 is 27.8 Å². The molecular weight excluding hydrogens is 291 g/mol. The minimum absolute atomic E-state index is 0.0122. The zero-order valence-corrected chi connectivity index (χ0v) is 10.3. The van der Waals surface area contributed by atoms with Crippen LogP contribution in [-0.4, -0.2) is 22.0 Å². The monoisotopic (exact) mass is 299 g/mol. The van der Waals surface area contributed by atoms with E-state index in [1.54, 1.807) is 0 Å². The Morgan fingerprint density at radius 3 is 2.52 bits per heavy atom. The minimum atomic E-state index is -1.73. The first-order valence-corrected chi connectivity index (χ1v) is 5.97. The number of hydrogen-bond donors (Lipinski definition) is 1. The zero-order valence-electron chi connectivity index (χ0n) is 10.3. The molecule has 0 radical (unpaired) electrons. The highest BCUT2D eigenvalue weighted by molar-refractivity contribution is 5.81.